The zero-order chi connectivity index (χ0) is 15.3. The lowest BCUT2D eigenvalue weighted by Crippen LogP contribution is -1.97. The van der Waals surface area contributed by atoms with E-state index in [1.165, 1.54) is 75.3 Å². The fourth-order valence-corrected chi connectivity index (χ4v) is 3.03. The second-order valence-electron chi connectivity index (χ2n) is 6.30. The van der Waals surface area contributed by atoms with Crippen molar-refractivity contribution in [2.24, 2.45) is 0 Å². The Balaban J connectivity index is 2.06. The minimum absolute atomic E-state index is 0.180. The smallest absolute Gasteiger partial charge is 0.0687 e. The van der Waals surface area contributed by atoms with Gasteiger partial charge in [-0.2, -0.15) is 0 Å². The highest BCUT2D eigenvalue weighted by Gasteiger charge is 2.03. The topological polar surface area (TPSA) is 20.2 Å². The summed E-state index contributed by atoms with van der Waals surface area (Å²) >= 11 is 0. The average Bonchev–Trinajstić information content (AvgIpc) is 2.49. The monoisotopic (exact) mass is 290 g/mol. The highest BCUT2D eigenvalue weighted by Crippen LogP contribution is 2.18. The van der Waals surface area contributed by atoms with Crippen LogP contribution >= 0.6 is 0 Å². The van der Waals surface area contributed by atoms with Crippen molar-refractivity contribution in [1.29, 1.82) is 0 Å². The number of aliphatic hydroxyl groups is 1. The average molecular weight is 290 g/mol. The van der Waals surface area contributed by atoms with E-state index in [4.69, 9.17) is 0 Å². The van der Waals surface area contributed by atoms with Crippen LogP contribution < -0.4 is 0 Å². The lowest BCUT2D eigenvalue weighted by molar-refractivity contribution is 0.279. The Morgan fingerprint density at radius 1 is 0.810 bits per heavy atom. The molecule has 1 nitrogen and oxygen atoms in total. The molecule has 0 radical (unpaired) electrons. The Hall–Kier alpha value is -0.820. The SMILES string of the molecule is CCCCCCCCCCCCc1cccc(C)c1CO. The predicted molar refractivity (Wildman–Crippen MR) is 92.6 cm³/mol. The first-order chi connectivity index (χ1) is 10.3. The Morgan fingerprint density at radius 2 is 1.38 bits per heavy atom. The lowest BCUT2D eigenvalue weighted by atomic mass is 9.97. The largest absolute Gasteiger partial charge is 0.392 e. The van der Waals surface area contributed by atoms with Crippen molar-refractivity contribution in [3.8, 4) is 0 Å². The fourth-order valence-electron chi connectivity index (χ4n) is 3.03. The molecule has 0 aliphatic carbocycles. The van der Waals surface area contributed by atoms with Gasteiger partial charge in [-0.3, -0.25) is 0 Å². The van der Waals surface area contributed by atoms with Crippen LogP contribution in [0.25, 0.3) is 0 Å². The number of aryl methyl sites for hydroxylation is 2. The zero-order valence-electron chi connectivity index (χ0n) is 14.2. The maximum atomic E-state index is 9.46. The predicted octanol–water partition coefficient (Wildman–Crippen LogP) is 5.95. The van der Waals surface area contributed by atoms with Gasteiger partial charge in [0, 0.05) is 0 Å². The summed E-state index contributed by atoms with van der Waals surface area (Å²) in [5, 5.41) is 9.46. The first-order valence-corrected chi connectivity index (χ1v) is 8.97. The normalized spacial score (nSPS) is 11.0. The van der Waals surface area contributed by atoms with Crippen LogP contribution in [-0.4, -0.2) is 5.11 Å². The van der Waals surface area contributed by atoms with Gasteiger partial charge in [0.25, 0.3) is 0 Å². The van der Waals surface area contributed by atoms with Gasteiger partial charge in [0.2, 0.25) is 0 Å². The number of aliphatic hydroxyl groups excluding tert-OH is 1. The number of benzene rings is 1. The van der Waals surface area contributed by atoms with Crippen molar-refractivity contribution in [3.63, 3.8) is 0 Å². The van der Waals surface area contributed by atoms with Crippen LogP contribution in [0.2, 0.25) is 0 Å². The molecule has 120 valence electrons. The van der Waals surface area contributed by atoms with Crippen molar-refractivity contribution in [2.75, 3.05) is 0 Å². The molecule has 0 aromatic heterocycles. The molecule has 0 heterocycles. The lowest BCUT2D eigenvalue weighted by Gasteiger charge is -2.10. The van der Waals surface area contributed by atoms with Crippen LogP contribution in [0.5, 0.6) is 0 Å². The molecular weight excluding hydrogens is 256 g/mol. The molecule has 0 spiro atoms. The zero-order valence-corrected chi connectivity index (χ0v) is 14.2. The van der Waals surface area contributed by atoms with E-state index in [1.807, 2.05) is 0 Å². The molecule has 0 aliphatic heterocycles. The maximum Gasteiger partial charge on any atom is 0.0687 e. The van der Waals surface area contributed by atoms with Gasteiger partial charge in [0.05, 0.1) is 6.61 Å². The van der Waals surface area contributed by atoms with Crippen LogP contribution in [0.1, 0.15) is 87.8 Å². The number of unbranched alkanes of at least 4 members (excludes halogenated alkanes) is 9. The number of rotatable bonds is 12. The van der Waals surface area contributed by atoms with Crippen molar-refractivity contribution in [3.05, 3.63) is 34.9 Å². The van der Waals surface area contributed by atoms with E-state index in [0.717, 1.165) is 12.0 Å². The standard InChI is InChI=1S/C20H34O/c1-3-4-5-6-7-8-9-10-11-12-15-19-16-13-14-18(2)20(19)17-21/h13-14,16,21H,3-12,15,17H2,1-2H3. The Bertz CT molecular complexity index is 370. The van der Waals surface area contributed by atoms with Crippen molar-refractivity contribution in [2.45, 2.75) is 91.1 Å². The molecule has 0 amide bonds. The highest BCUT2D eigenvalue weighted by molar-refractivity contribution is 5.33. The van der Waals surface area contributed by atoms with Gasteiger partial charge in [-0.1, -0.05) is 82.9 Å². The third-order valence-electron chi connectivity index (χ3n) is 4.47. The first-order valence-electron chi connectivity index (χ1n) is 8.97. The summed E-state index contributed by atoms with van der Waals surface area (Å²) in [5.41, 5.74) is 3.72. The van der Waals surface area contributed by atoms with Crippen LogP contribution in [0.4, 0.5) is 0 Å². The minimum Gasteiger partial charge on any atom is -0.392 e. The molecular formula is C20H34O. The second-order valence-corrected chi connectivity index (χ2v) is 6.30. The summed E-state index contributed by atoms with van der Waals surface area (Å²) in [4.78, 5) is 0. The van der Waals surface area contributed by atoms with E-state index in [9.17, 15) is 5.11 Å². The third kappa shape index (κ3) is 7.66. The molecule has 0 fully saturated rings. The highest BCUT2D eigenvalue weighted by atomic mass is 16.3. The third-order valence-corrected chi connectivity index (χ3v) is 4.47. The van der Waals surface area contributed by atoms with E-state index >= 15 is 0 Å². The van der Waals surface area contributed by atoms with Crippen LogP contribution in [0, 0.1) is 6.92 Å². The summed E-state index contributed by atoms with van der Waals surface area (Å²) < 4.78 is 0. The van der Waals surface area contributed by atoms with E-state index in [2.05, 4.69) is 32.0 Å². The van der Waals surface area contributed by atoms with Gasteiger partial charge in [0.1, 0.15) is 0 Å². The van der Waals surface area contributed by atoms with Gasteiger partial charge in [-0.25, -0.2) is 0 Å². The molecule has 1 rings (SSSR count). The fraction of sp³-hybridized carbons (Fsp3) is 0.700. The number of hydrogen-bond acceptors (Lipinski definition) is 1. The molecule has 0 saturated heterocycles. The van der Waals surface area contributed by atoms with Gasteiger partial charge < -0.3 is 5.11 Å². The Kier molecular flexibility index (Phi) is 10.2. The van der Waals surface area contributed by atoms with E-state index in [1.54, 1.807) is 0 Å². The molecule has 0 saturated carbocycles. The molecule has 1 aromatic rings. The van der Waals surface area contributed by atoms with Gasteiger partial charge in [-0.05, 0) is 36.5 Å². The summed E-state index contributed by atoms with van der Waals surface area (Å²) in [6.45, 7) is 4.55. The molecule has 1 N–H and O–H groups in total. The van der Waals surface area contributed by atoms with E-state index < -0.39 is 0 Å². The first kappa shape index (κ1) is 18.2. The second kappa shape index (κ2) is 11.8. The summed E-state index contributed by atoms with van der Waals surface area (Å²) in [5.74, 6) is 0. The molecule has 0 bridgehead atoms. The summed E-state index contributed by atoms with van der Waals surface area (Å²) in [6, 6.07) is 6.38. The summed E-state index contributed by atoms with van der Waals surface area (Å²) in [7, 11) is 0. The van der Waals surface area contributed by atoms with Crippen molar-refractivity contribution >= 4 is 0 Å². The van der Waals surface area contributed by atoms with E-state index in [-0.39, 0.29) is 6.61 Å². The van der Waals surface area contributed by atoms with Crippen LogP contribution in [-0.2, 0) is 13.0 Å². The number of hydrogen-bond donors (Lipinski definition) is 1. The van der Waals surface area contributed by atoms with Crippen molar-refractivity contribution in [1.82, 2.24) is 0 Å². The summed E-state index contributed by atoms with van der Waals surface area (Å²) in [6.07, 6.45) is 14.9. The molecule has 0 unspecified atom stereocenters. The Morgan fingerprint density at radius 3 is 1.95 bits per heavy atom. The quantitative estimate of drug-likeness (QED) is 0.471. The van der Waals surface area contributed by atoms with Gasteiger partial charge >= 0.3 is 0 Å². The molecule has 1 heteroatoms. The van der Waals surface area contributed by atoms with Crippen LogP contribution in [0.15, 0.2) is 18.2 Å². The minimum atomic E-state index is 0.180. The molecule has 1 aromatic carbocycles. The molecule has 0 atom stereocenters. The van der Waals surface area contributed by atoms with Crippen LogP contribution in [0.3, 0.4) is 0 Å². The Labute approximate surface area is 131 Å². The van der Waals surface area contributed by atoms with E-state index in [0.29, 0.717) is 0 Å². The molecule has 21 heavy (non-hydrogen) atoms. The van der Waals surface area contributed by atoms with Crippen molar-refractivity contribution < 1.29 is 5.11 Å². The molecule has 0 aliphatic rings. The van der Waals surface area contributed by atoms with Gasteiger partial charge in [-0.15, -0.1) is 0 Å². The maximum absolute atomic E-state index is 9.46. The van der Waals surface area contributed by atoms with Gasteiger partial charge in [0.15, 0.2) is 0 Å².